The van der Waals surface area contributed by atoms with E-state index in [1.807, 2.05) is 0 Å². The van der Waals surface area contributed by atoms with E-state index in [2.05, 4.69) is 9.99 Å². The molecule has 0 aliphatic rings. The Hall–Kier alpha value is -1.70. The minimum Gasteiger partial charge on any atom is -0.479 e. The highest BCUT2D eigenvalue weighted by molar-refractivity contribution is 8.00. The van der Waals surface area contributed by atoms with E-state index >= 15 is 0 Å². The lowest BCUT2D eigenvalue weighted by Crippen LogP contribution is -2.03. The molecule has 0 atom stereocenters. The molecule has 4 nitrogen and oxygen atoms in total. The van der Waals surface area contributed by atoms with E-state index in [0.29, 0.717) is 5.56 Å². The first-order chi connectivity index (χ1) is 8.37. The average molecular weight is 279 g/mol. The highest BCUT2D eigenvalue weighted by Crippen LogP contribution is 2.36. The van der Waals surface area contributed by atoms with Crippen molar-refractivity contribution in [3.63, 3.8) is 0 Å². The van der Waals surface area contributed by atoms with Crippen LogP contribution in [0.4, 0.5) is 13.2 Å². The Kier molecular flexibility index (Phi) is 5.02. The maximum absolute atomic E-state index is 12.0. The topological polar surface area (TPSA) is 58.9 Å². The molecule has 8 heteroatoms. The summed E-state index contributed by atoms with van der Waals surface area (Å²) < 4.78 is 36.1. The molecule has 1 aromatic carbocycles. The van der Waals surface area contributed by atoms with Crippen LogP contribution < -0.4 is 0 Å². The molecule has 0 aliphatic carbocycles. The van der Waals surface area contributed by atoms with Crippen LogP contribution in [0.25, 0.3) is 0 Å². The third-order valence-corrected chi connectivity index (χ3v) is 2.32. The molecule has 1 aromatic rings. The number of carboxylic acid groups (broad SMARTS) is 1. The monoisotopic (exact) mass is 279 g/mol. The van der Waals surface area contributed by atoms with E-state index in [1.165, 1.54) is 30.5 Å². The summed E-state index contributed by atoms with van der Waals surface area (Å²) >= 11 is -0.212. The van der Waals surface area contributed by atoms with E-state index in [9.17, 15) is 18.0 Å². The van der Waals surface area contributed by atoms with Gasteiger partial charge in [0.1, 0.15) is 0 Å². The maximum atomic E-state index is 12.0. The minimum absolute atomic E-state index is 0.0612. The Labute approximate surface area is 104 Å². The minimum atomic E-state index is -4.32. The summed E-state index contributed by atoms with van der Waals surface area (Å²) in [6, 6.07) is 5.41. The van der Waals surface area contributed by atoms with Crippen LogP contribution in [0, 0.1) is 0 Å². The molecule has 0 saturated carbocycles. The van der Waals surface area contributed by atoms with Gasteiger partial charge in [0.25, 0.3) is 0 Å². The van der Waals surface area contributed by atoms with E-state index in [4.69, 9.17) is 5.11 Å². The highest BCUT2D eigenvalue weighted by atomic mass is 32.2. The molecule has 0 aliphatic heterocycles. The summed E-state index contributed by atoms with van der Waals surface area (Å²) in [6.45, 7) is -0.571. The van der Waals surface area contributed by atoms with Crippen molar-refractivity contribution in [3.8, 4) is 0 Å². The summed E-state index contributed by atoms with van der Waals surface area (Å²) in [5.74, 6) is -1.16. The van der Waals surface area contributed by atoms with Gasteiger partial charge in [-0.1, -0.05) is 17.3 Å². The Morgan fingerprint density at radius 3 is 2.50 bits per heavy atom. The average Bonchev–Trinajstić information content (AvgIpc) is 2.24. The first-order valence-corrected chi connectivity index (χ1v) is 5.41. The molecule has 0 amide bonds. The van der Waals surface area contributed by atoms with Crippen molar-refractivity contribution in [1.82, 2.24) is 0 Å². The van der Waals surface area contributed by atoms with Gasteiger partial charge in [0.15, 0.2) is 0 Å². The van der Waals surface area contributed by atoms with Gasteiger partial charge in [-0.05, 0) is 29.5 Å². The van der Waals surface area contributed by atoms with Crippen molar-refractivity contribution in [3.05, 3.63) is 29.8 Å². The zero-order chi connectivity index (χ0) is 13.6. The second kappa shape index (κ2) is 6.29. The first kappa shape index (κ1) is 14.4. The number of benzene rings is 1. The highest BCUT2D eigenvalue weighted by Gasteiger charge is 2.28. The fraction of sp³-hybridized carbons (Fsp3) is 0.200. The van der Waals surface area contributed by atoms with Gasteiger partial charge in [-0.3, -0.25) is 0 Å². The number of hydrogen-bond donors (Lipinski definition) is 1. The van der Waals surface area contributed by atoms with Gasteiger partial charge < -0.3 is 9.94 Å². The summed E-state index contributed by atoms with van der Waals surface area (Å²) in [4.78, 5) is 14.5. The number of alkyl halides is 3. The van der Waals surface area contributed by atoms with Gasteiger partial charge in [0.2, 0.25) is 6.61 Å². The predicted molar refractivity (Wildman–Crippen MR) is 59.5 cm³/mol. The molecule has 18 heavy (non-hydrogen) atoms. The molecule has 0 spiro atoms. The number of carbonyl (C=O) groups is 1. The van der Waals surface area contributed by atoms with Crippen molar-refractivity contribution < 1.29 is 27.9 Å². The van der Waals surface area contributed by atoms with Gasteiger partial charge in [-0.2, -0.15) is 13.2 Å². The van der Waals surface area contributed by atoms with Gasteiger partial charge in [0.05, 0.1) is 6.21 Å². The predicted octanol–water partition coefficient (Wildman–Crippen LogP) is 2.73. The number of halogens is 3. The molecule has 0 saturated heterocycles. The van der Waals surface area contributed by atoms with Crippen LogP contribution in [0.15, 0.2) is 34.3 Å². The standard InChI is InChI=1S/C10H8F3NO3S/c11-10(12,13)18-8-3-1-7(2-4-8)5-14-17-6-9(15)16/h1-5H,6H2,(H,15,16). The van der Waals surface area contributed by atoms with Crippen molar-refractivity contribution >= 4 is 23.9 Å². The van der Waals surface area contributed by atoms with Crippen LogP contribution in [-0.4, -0.2) is 29.4 Å². The smallest absolute Gasteiger partial charge is 0.446 e. The summed E-state index contributed by atoms with van der Waals surface area (Å²) in [7, 11) is 0. The van der Waals surface area contributed by atoms with Gasteiger partial charge in [-0.25, -0.2) is 4.79 Å². The molecule has 0 heterocycles. The molecule has 1 rings (SSSR count). The maximum Gasteiger partial charge on any atom is 0.446 e. The van der Waals surface area contributed by atoms with Crippen molar-refractivity contribution in [2.24, 2.45) is 5.16 Å². The van der Waals surface area contributed by atoms with E-state index in [-0.39, 0.29) is 16.7 Å². The van der Waals surface area contributed by atoms with Crippen LogP contribution in [-0.2, 0) is 9.63 Å². The third-order valence-electron chi connectivity index (χ3n) is 1.58. The number of carboxylic acids is 1. The molecular weight excluding hydrogens is 271 g/mol. The number of thioether (sulfide) groups is 1. The number of nitrogens with zero attached hydrogens (tertiary/aromatic N) is 1. The first-order valence-electron chi connectivity index (χ1n) is 4.60. The van der Waals surface area contributed by atoms with Crippen molar-refractivity contribution in [1.29, 1.82) is 0 Å². The SMILES string of the molecule is O=C(O)CON=Cc1ccc(SC(F)(F)F)cc1. The van der Waals surface area contributed by atoms with Gasteiger partial charge in [0, 0.05) is 4.90 Å². The van der Waals surface area contributed by atoms with Gasteiger partial charge in [-0.15, -0.1) is 0 Å². The number of hydrogen-bond acceptors (Lipinski definition) is 4. The van der Waals surface area contributed by atoms with Crippen LogP contribution >= 0.6 is 11.8 Å². The van der Waals surface area contributed by atoms with Crippen molar-refractivity contribution in [2.45, 2.75) is 10.4 Å². The number of aliphatic carboxylic acids is 1. The molecule has 98 valence electrons. The van der Waals surface area contributed by atoms with Gasteiger partial charge >= 0.3 is 11.5 Å². The third kappa shape index (κ3) is 6.14. The molecule has 0 aromatic heterocycles. The Balaban J connectivity index is 2.52. The molecule has 0 bridgehead atoms. The Morgan fingerprint density at radius 2 is 2.00 bits per heavy atom. The molecule has 0 radical (unpaired) electrons. The summed E-state index contributed by atoms with van der Waals surface area (Å²) in [6.07, 6.45) is 1.21. The lowest BCUT2D eigenvalue weighted by molar-refractivity contribution is -0.142. The normalized spacial score (nSPS) is 11.7. The molecule has 0 unspecified atom stereocenters. The lowest BCUT2D eigenvalue weighted by atomic mass is 10.2. The Morgan fingerprint density at radius 1 is 1.39 bits per heavy atom. The second-order valence-corrected chi connectivity index (χ2v) is 4.16. The zero-order valence-corrected chi connectivity index (χ0v) is 9.66. The van der Waals surface area contributed by atoms with E-state index < -0.39 is 18.1 Å². The summed E-state index contributed by atoms with van der Waals surface area (Å²) in [5, 5.41) is 11.6. The van der Waals surface area contributed by atoms with Crippen LogP contribution in [0.3, 0.4) is 0 Å². The van der Waals surface area contributed by atoms with Crippen LogP contribution in [0.5, 0.6) is 0 Å². The second-order valence-electron chi connectivity index (χ2n) is 3.02. The fourth-order valence-electron chi connectivity index (χ4n) is 0.946. The van der Waals surface area contributed by atoms with Crippen molar-refractivity contribution in [2.75, 3.05) is 6.61 Å². The lowest BCUT2D eigenvalue weighted by Gasteiger charge is -2.04. The fourth-order valence-corrected chi connectivity index (χ4v) is 1.49. The number of rotatable bonds is 5. The molecule has 1 N–H and O–H groups in total. The molecular formula is C10H8F3NO3S. The van der Waals surface area contributed by atoms with Crippen LogP contribution in [0.2, 0.25) is 0 Å². The summed E-state index contributed by atoms with van der Waals surface area (Å²) in [5.41, 5.74) is -3.81. The quantitative estimate of drug-likeness (QED) is 0.511. The van der Waals surface area contributed by atoms with E-state index in [1.54, 1.807) is 0 Å². The van der Waals surface area contributed by atoms with E-state index in [0.717, 1.165) is 0 Å². The Bertz CT molecular complexity index is 431. The zero-order valence-electron chi connectivity index (χ0n) is 8.85. The molecule has 0 fully saturated rings. The van der Waals surface area contributed by atoms with Crippen LogP contribution in [0.1, 0.15) is 5.56 Å². The largest absolute Gasteiger partial charge is 0.479 e. The number of oxime groups is 1.